The molecule has 1 aromatic rings. The van der Waals surface area contributed by atoms with Gasteiger partial charge in [0.25, 0.3) is 5.91 Å². The fourth-order valence-corrected chi connectivity index (χ4v) is 9.05. The number of likely N-dealkylation sites (tertiary alicyclic amines) is 1. The van der Waals surface area contributed by atoms with Gasteiger partial charge in [-0.15, -0.1) is 0 Å². The van der Waals surface area contributed by atoms with Crippen LogP contribution in [0.5, 0.6) is 5.75 Å². The molecule has 1 amide bonds. The van der Waals surface area contributed by atoms with Crippen molar-refractivity contribution in [2.75, 3.05) is 20.1 Å². The molecule has 5 aliphatic rings. The van der Waals surface area contributed by atoms with Gasteiger partial charge in [0.05, 0.1) is 0 Å². The Balaban J connectivity index is 1.43. The normalized spacial score (nSPS) is 36.9. The molecule has 0 aromatic heterocycles. The van der Waals surface area contributed by atoms with Crippen LogP contribution in [0.3, 0.4) is 0 Å². The largest absolute Gasteiger partial charge is 0.508 e. The van der Waals surface area contributed by atoms with Crippen LogP contribution < -0.4 is 0 Å². The van der Waals surface area contributed by atoms with Crippen molar-refractivity contribution in [3.8, 4) is 5.75 Å². The summed E-state index contributed by atoms with van der Waals surface area (Å²) in [6.07, 6.45) is 15.7. The quantitative estimate of drug-likeness (QED) is 0.485. The van der Waals surface area contributed by atoms with Gasteiger partial charge in [0.2, 0.25) is 0 Å². The van der Waals surface area contributed by atoms with Gasteiger partial charge in [0, 0.05) is 36.7 Å². The highest BCUT2D eigenvalue weighted by Crippen LogP contribution is 2.72. The van der Waals surface area contributed by atoms with Gasteiger partial charge in [0.15, 0.2) is 0 Å². The first kappa shape index (κ1) is 22.4. The highest BCUT2D eigenvalue weighted by molar-refractivity contribution is 5.96. The third-order valence-corrected chi connectivity index (χ3v) is 10.5. The SMILES string of the molecule is C/C=C\C(=C/C)C(=O)N(C)C1CCC23CCC1C21CCN(CC2CC2)C3Cc2ccc(O)cc21. The molecule has 4 nitrogen and oxygen atoms in total. The minimum absolute atomic E-state index is 0.0815. The fourth-order valence-electron chi connectivity index (χ4n) is 9.05. The van der Waals surface area contributed by atoms with E-state index >= 15 is 0 Å². The Bertz CT molecular complexity index is 1060. The van der Waals surface area contributed by atoms with Crippen LogP contribution in [-0.4, -0.2) is 53.0 Å². The summed E-state index contributed by atoms with van der Waals surface area (Å²) in [4.78, 5) is 18.5. The molecule has 182 valence electrons. The van der Waals surface area contributed by atoms with Crippen LogP contribution in [0, 0.1) is 17.3 Å². The van der Waals surface area contributed by atoms with Gasteiger partial charge in [-0.25, -0.2) is 0 Å². The Morgan fingerprint density at radius 1 is 1.18 bits per heavy atom. The Labute approximate surface area is 204 Å². The van der Waals surface area contributed by atoms with Crippen molar-refractivity contribution in [2.45, 2.75) is 82.7 Å². The zero-order chi connectivity index (χ0) is 23.7. The lowest BCUT2D eigenvalue weighted by atomic mass is 9.43. The lowest BCUT2D eigenvalue weighted by Gasteiger charge is -2.67. The first-order chi connectivity index (χ1) is 16.4. The lowest BCUT2D eigenvalue weighted by Crippen LogP contribution is -2.70. The first-order valence-corrected chi connectivity index (χ1v) is 13.6. The molecule has 4 aliphatic carbocycles. The van der Waals surface area contributed by atoms with E-state index in [-0.39, 0.29) is 17.4 Å². The number of amides is 1. The van der Waals surface area contributed by atoms with Gasteiger partial charge in [-0.2, -0.15) is 0 Å². The van der Waals surface area contributed by atoms with E-state index in [1.807, 2.05) is 45.2 Å². The second kappa shape index (κ2) is 7.98. The highest BCUT2D eigenvalue weighted by Gasteiger charge is 2.71. The second-order valence-corrected chi connectivity index (χ2v) is 11.8. The summed E-state index contributed by atoms with van der Waals surface area (Å²) in [5, 5.41) is 10.6. The summed E-state index contributed by atoms with van der Waals surface area (Å²) in [6, 6.07) is 7.07. The number of benzene rings is 1. The van der Waals surface area contributed by atoms with Crippen LogP contribution in [-0.2, 0) is 16.6 Å². The van der Waals surface area contributed by atoms with E-state index < -0.39 is 0 Å². The predicted octanol–water partition coefficient (Wildman–Crippen LogP) is 5.21. The van der Waals surface area contributed by atoms with E-state index in [2.05, 4.69) is 21.9 Å². The Morgan fingerprint density at radius 3 is 2.71 bits per heavy atom. The first-order valence-electron chi connectivity index (χ1n) is 13.6. The summed E-state index contributed by atoms with van der Waals surface area (Å²) in [7, 11) is 2.04. The van der Waals surface area contributed by atoms with Crippen molar-refractivity contribution in [3.63, 3.8) is 0 Å². The zero-order valence-corrected chi connectivity index (χ0v) is 21.1. The van der Waals surface area contributed by atoms with Crippen molar-refractivity contribution in [1.29, 1.82) is 0 Å². The molecule has 1 N–H and O–H groups in total. The number of carbonyl (C=O) groups excluding carboxylic acids is 1. The summed E-state index contributed by atoms with van der Waals surface area (Å²) >= 11 is 0. The summed E-state index contributed by atoms with van der Waals surface area (Å²) in [5.74, 6) is 1.92. The molecule has 1 heterocycles. The number of hydrogen-bond acceptors (Lipinski definition) is 3. The number of likely N-dealkylation sites (N-methyl/N-ethyl adjacent to an activating group) is 1. The Morgan fingerprint density at radius 2 is 1.97 bits per heavy atom. The second-order valence-electron chi connectivity index (χ2n) is 11.8. The van der Waals surface area contributed by atoms with E-state index in [9.17, 15) is 9.90 Å². The molecule has 4 fully saturated rings. The van der Waals surface area contributed by atoms with Crippen LogP contribution in [0.2, 0.25) is 0 Å². The third-order valence-electron chi connectivity index (χ3n) is 10.5. The van der Waals surface area contributed by atoms with E-state index in [0.717, 1.165) is 30.9 Å². The van der Waals surface area contributed by atoms with Gasteiger partial charge in [-0.05, 0) is 112 Å². The average molecular weight is 461 g/mol. The van der Waals surface area contributed by atoms with E-state index in [4.69, 9.17) is 0 Å². The summed E-state index contributed by atoms with van der Waals surface area (Å²) in [5.41, 5.74) is 4.03. The zero-order valence-electron chi connectivity index (χ0n) is 21.1. The molecule has 0 radical (unpaired) electrons. The number of piperidine rings is 1. The van der Waals surface area contributed by atoms with E-state index in [1.165, 1.54) is 56.2 Å². The molecule has 1 aromatic carbocycles. The van der Waals surface area contributed by atoms with Crippen LogP contribution in [0.15, 0.2) is 42.0 Å². The molecule has 1 saturated heterocycles. The molecule has 4 heteroatoms. The average Bonchev–Trinajstić information content (AvgIpc) is 3.62. The number of nitrogens with zero attached hydrogens (tertiary/aromatic N) is 2. The smallest absolute Gasteiger partial charge is 0.253 e. The summed E-state index contributed by atoms with van der Waals surface area (Å²) in [6.45, 7) is 6.37. The number of phenols is 1. The molecule has 6 rings (SSSR count). The van der Waals surface area contributed by atoms with Gasteiger partial charge in [0.1, 0.15) is 5.75 Å². The van der Waals surface area contributed by atoms with Crippen molar-refractivity contribution < 1.29 is 9.90 Å². The van der Waals surface area contributed by atoms with Crippen molar-refractivity contribution >= 4 is 5.91 Å². The minimum Gasteiger partial charge on any atom is -0.508 e. The van der Waals surface area contributed by atoms with Crippen molar-refractivity contribution in [2.24, 2.45) is 17.3 Å². The lowest BCUT2D eigenvalue weighted by molar-refractivity contribution is -0.137. The molecule has 5 atom stereocenters. The maximum absolute atomic E-state index is 13.5. The number of fused-ring (bicyclic) bond motifs is 1. The van der Waals surface area contributed by atoms with Gasteiger partial charge < -0.3 is 10.0 Å². The number of hydrogen-bond donors (Lipinski definition) is 1. The Hall–Kier alpha value is -2.07. The predicted molar refractivity (Wildman–Crippen MR) is 136 cm³/mol. The fraction of sp³-hybridized carbons (Fsp3) is 0.633. The number of allylic oxidation sites excluding steroid dienone is 2. The maximum atomic E-state index is 13.5. The van der Waals surface area contributed by atoms with Gasteiger partial charge in [-0.3, -0.25) is 9.69 Å². The van der Waals surface area contributed by atoms with Crippen LogP contribution >= 0.6 is 0 Å². The van der Waals surface area contributed by atoms with Crippen LogP contribution in [0.4, 0.5) is 0 Å². The van der Waals surface area contributed by atoms with E-state index in [1.54, 1.807) is 0 Å². The molecule has 4 bridgehead atoms. The minimum atomic E-state index is 0.0815. The number of rotatable bonds is 5. The number of carbonyl (C=O) groups is 1. The molecule has 1 aliphatic heterocycles. The number of aromatic hydroxyl groups is 1. The van der Waals surface area contributed by atoms with Crippen molar-refractivity contribution in [3.05, 3.63) is 53.1 Å². The molecule has 34 heavy (non-hydrogen) atoms. The maximum Gasteiger partial charge on any atom is 0.253 e. The van der Waals surface area contributed by atoms with E-state index in [0.29, 0.717) is 23.1 Å². The van der Waals surface area contributed by atoms with Gasteiger partial charge in [-0.1, -0.05) is 24.3 Å². The summed E-state index contributed by atoms with van der Waals surface area (Å²) < 4.78 is 0. The molecule has 0 spiro atoms. The Kier molecular flexibility index (Phi) is 5.26. The van der Waals surface area contributed by atoms with Crippen LogP contribution in [0.1, 0.15) is 69.9 Å². The monoisotopic (exact) mass is 460 g/mol. The van der Waals surface area contributed by atoms with Gasteiger partial charge >= 0.3 is 0 Å². The molecular weight excluding hydrogens is 420 g/mol. The topological polar surface area (TPSA) is 43.8 Å². The number of phenolic OH excluding ortho intramolecular Hbond substituents is 1. The molecule has 5 unspecified atom stereocenters. The molecular formula is C30H40N2O2. The third kappa shape index (κ3) is 2.96. The molecule has 3 saturated carbocycles. The van der Waals surface area contributed by atoms with Crippen LogP contribution in [0.25, 0.3) is 0 Å². The standard InChI is InChI=1S/C30H40N2O2/c1-4-6-21(5-2)28(34)31(3)26-12-14-29-13-11-24(26)30(29)15-16-32(19-20-7-8-20)27(29)17-22-9-10-23(33)18-25(22)30/h4-6,9-10,18,20,24,26-27,33H,7-8,11-17,19H2,1-3H3/b6-4-,21-5+. The van der Waals surface area contributed by atoms with Crippen molar-refractivity contribution in [1.82, 2.24) is 9.80 Å². The highest BCUT2D eigenvalue weighted by atomic mass is 16.3.